The summed E-state index contributed by atoms with van der Waals surface area (Å²) in [6.45, 7) is 2.07. The van der Waals surface area contributed by atoms with Crippen molar-refractivity contribution in [2.45, 2.75) is 13.0 Å². The number of hydrogen-bond donors (Lipinski definition) is 1. The molecule has 0 spiro atoms. The molecule has 41 heavy (non-hydrogen) atoms. The van der Waals surface area contributed by atoms with E-state index in [4.69, 9.17) is 26.7 Å². The van der Waals surface area contributed by atoms with E-state index in [1.807, 2.05) is 65.3 Å². The van der Waals surface area contributed by atoms with Gasteiger partial charge >= 0.3 is 0 Å². The van der Waals surface area contributed by atoms with E-state index in [1.165, 1.54) is 0 Å². The zero-order valence-electron chi connectivity index (χ0n) is 23.0. The molecule has 1 atom stereocenters. The van der Waals surface area contributed by atoms with Gasteiger partial charge in [-0.05, 0) is 73.2 Å². The number of anilines is 3. The molecule has 5 aromatic rings. The van der Waals surface area contributed by atoms with Crippen LogP contribution < -0.4 is 15.1 Å². The highest BCUT2D eigenvalue weighted by molar-refractivity contribution is 6.51. The molecule has 3 heterocycles. The zero-order valence-corrected chi connectivity index (χ0v) is 23.7. The van der Waals surface area contributed by atoms with Gasteiger partial charge in [0.05, 0.1) is 28.8 Å². The number of para-hydroxylation sites is 3. The van der Waals surface area contributed by atoms with Crippen molar-refractivity contribution >= 4 is 51.8 Å². The standard InChI is InChI=1S/C33H28ClN7/c1-21-29-30(22-13-19-25(20-14-22)39(2)3)40-28-12-8-7-11-27(28)36-31(35-24-17-15-23(34)16-18-24)33(40)37-32(29)41(38-21)26-9-5-4-6-10-26/h4-20,30H,1-3H3,(H,35,36). The van der Waals surface area contributed by atoms with Crippen molar-refractivity contribution in [3.8, 4) is 5.69 Å². The molecule has 0 bridgehead atoms. The monoisotopic (exact) mass is 557 g/mol. The lowest BCUT2D eigenvalue weighted by molar-refractivity contribution is 0.815. The summed E-state index contributed by atoms with van der Waals surface area (Å²) in [6, 6.07) is 34.5. The summed E-state index contributed by atoms with van der Waals surface area (Å²) in [5, 5.41) is 9.22. The Hall–Kier alpha value is -4.88. The molecular formula is C33H28ClN7. The molecule has 0 saturated heterocycles. The first-order valence-corrected chi connectivity index (χ1v) is 13.9. The van der Waals surface area contributed by atoms with Crippen LogP contribution in [0.1, 0.15) is 22.9 Å². The number of benzene rings is 4. The molecule has 0 fully saturated rings. The molecule has 2 aliphatic heterocycles. The Morgan fingerprint density at radius 3 is 2.24 bits per heavy atom. The number of halogens is 1. The molecular weight excluding hydrogens is 530 g/mol. The maximum Gasteiger partial charge on any atom is 0.179 e. The lowest BCUT2D eigenvalue weighted by Crippen LogP contribution is -2.46. The van der Waals surface area contributed by atoms with Gasteiger partial charge in [0, 0.05) is 36.1 Å². The first kappa shape index (κ1) is 25.1. The van der Waals surface area contributed by atoms with Gasteiger partial charge in [0.1, 0.15) is 0 Å². The number of nitrogens with one attached hydrogen (secondary N) is 1. The van der Waals surface area contributed by atoms with Crippen molar-refractivity contribution in [2.75, 3.05) is 29.2 Å². The van der Waals surface area contributed by atoms with Gasteiger partial charge in [0.15, 0.2) is 17.5 Å². The second kappa shape index (κ2) is 9.94. The number of hydrogen-bond acceptors (Lipinski definition) is 6. The molecule has 7 nitrogen and oxygen atoms in total. The lowest BCUT2D eigenvalue weighted by Gasteiger charge is -2.40. The molecule has 1 unspecified atom stereocenters. The van der Waals surface area contributed by atoms with Gasteiger partial charge in [-0.1, -0.05) is 54.1 Å². The Morgan fingerprint density at radius 1 is 0.805 bits per heavy atom. The highest BCUT2D eigenvalue weighted by atomic mass is 35.5. The number of aliphatic imine (C=N–C) groups is 2. The van der Waals surface area contributed by atoms with E-state index in [0.29, 0.717) is 10.9 Å². The largest absolute Gasteiger partial charge is 0.378 e. The van der Waals surface area contributed by atoms with E-state index in [9.17, 15) is 0 Å². The van der Waals surface area contributed by atoms with Crippen LogP contribution in [0.3, 0.4) is 0 Å². The first-order valence-electron chi connectivity index (χ1n) is 13.5. The van der Waals surface area contributed by atoms with Gasteiger partial charge in [-0.15, -0.1) is 0 Å². The molecule has 2 aliphatic rings. The predicted molar refractivity (Wildman–Crippen MR) is 169 cm³/mol. The van der Waals surface area contributed by atoms with Crippen LogP contribution in [-0.2, 0) is 0 Å². The van der Waals surface area contributed by atoms with Gasteiger partial charge in [-0.3, -0.25) is 0 Å². The van der Waals surface area contributed by atoms with Gasteiger partial charge in [0.25, 0.3) is 0 Å². The fourth-order valence-electron chi connectivity index (χ4n) is 5.49. The third-order valence-corrected chi connectivity index (χ3v) is 7.72. The van der Waals surface area contributed by atoms with Crippen molar-refractivity contribution in [2.24, 2.45) is 9.98 Å². The summed E-state index contributed by atoms with van der Waals surface area (Å²) < 4.78 is 1.94. The van der Waals surface area contributed by atoms with Crippen molar-refractivity contribution in [1.82, 2.24) is 9.78 Å². The Balaban J connectivity index is 1.48. The van der Waals surface area contributed by atoms with Gasteiger partial charge < -0.3 is 15.1 Å². The molecule has 1 aromatic heterocycles. The van der Waals surface area contributed by atoms with Gasteiger partial charge in [-0.2, -0.15) is 5.10 Å². The van der Waals surface area contributed by atoms with Crippen LogP contribution in [-0.4, -0.2) is 35.5 Å². The quantitative estimate of drug-likeness (QED) is 0.246. The lowest BCUT2D eigenvalue weighted by atomic mass is 9.93. The summed E-state index contributed by atoms with van der Waals surface area (Å²) in [4.78, 5) is 14.8. The van der Waals surface area contributed by atoms with Crippen LogP contribution in [0, 0.1) is 6.92 Å². The summed E-state index contributed by atoms with van der Waals surface area (Å²) in [5.41, 5.74) is 7.97. The SMILES string of the molecule is Cc1nn(-c2ccccc2)c2c1C(c1ccc(N(C)C)cc1)N1C(=N2)C(Nc2ccc(Cl)cc2)=Nc2ccccc21. The summed E-state index contributed by atoms with van der Waals surface area (Å²) in [7, 11) is 4.11. The number of amidine groups is 2. The first-order chi connectivity index (χ1) is 20.0. The maximum atomic E-state index is 6.18. The van der Waals surface area contributed by atoms with Crippen molar-refractivity contribution < 1.29 is 0 Å². The smallest absolute Gasteiger partial charge is 0.179 e. The van der Waals surface area contributed by atoms with Crippen molar-refractivity contribution in [3.63, 3.8) is 0 Å². The number of fused-ring (bicyclic) bond motifs is 4. The average molecular weight is 558 g/mol. The number of aromatic nitrogens is 2. The molecule has 0 aliphatic carbocycles. The van der Waals surface area contributed by atoms with E-state index >= 15 is 0 Å². The summed E-state index contributed by atoms with van der Waals surface area (Å²) in [5.74, 6) is 2.18. The average Bonchev–Trinajstić information content (AvgIpc) is 3.33. The summed E-state index contributed by atoms with van der Waals surface area (Å²) >= 11 is 6.18. The normalized spacial score (nSPS) is 15.3. The number of rotatable bonds is 4. The zero-order chi connectivity index (χ0) is 28.1. The minimum absolute atomic E-state index is 0.176. The van der Waals surface area contributed by atoms with Crippen LogP contribution in [0.2, 0.25) is 5.02 Å². The Morgan fingerprint density at radius 2 is 1.51 bits per heavy atom. The highest BCUT2D eigenvalue weighted by Gasteiger charge is 2.41. The van der Waals surface area contributed by atoms with Crippen LogP contribution in [0.5, 0.6) is 0 Å². The molecule has 1 N–H and O–H groups in total. The van der Waals surface area contributed by atoms with Crippen LogP contribution in [0.15, 0.2) is 113 Å². The topological polar surface area (TPSA) is 61.1 Å². The third kappa shape index (κ3) is 4.35. The highest BCUT2D eigenvalue weighted by Crippen LogP contribution is 2.48. The number of nitrogens with zero attached hydrogens (tertiary/aromatic N) is 6. The van der Waals surface area contributed by atoms with E-state index in [2.05, 4.69) is 78.6 Å². The van der Waals surface area contributed by atoms with Crippen molar-refractivity contribution in [1.29, 1.82) is 0 Å². The van der Waals surface area contributed by atoms with E-state index in [1.54, 1.807) is 0 Å². The summed E-state index contributed by atoms with van der Waals surface area (Å²) in [6.07, 6.45) is 0. The van der Waals surface area contributed by atoms with E-state index < -0.39 is 0 Å². The molecule has 4 aromatic carbocycles. The van der Waals surface area contributed by atoms with Gasteiger partial charge in [0.2, 0.25) is 0 Å². The molecule has 0 radical (unpaired) electrons. The Labute approximate surface area is 244 Å². The molecule has 8 heteroatoms. The second-order valence-corrected chi connectivity index (χ2v) is 10.8. The molecule has 7 rings (SSSR count). The minimum atomic E-state index is -0.176. The fraction of sp³-hybridized carbons (Fsp3) is 0.121. The minimum Gasteiger partial charge on any atom is -0.378 e. The van der Waals surface area contributed by atoms with Crippen LogP contribution in [0.4, 0.5) is 28.6 Å². The fourth-order valence-corrected chi connectivity index (χ4v) is 5.61. The van der Waals surface area contributed by atoms with Crippen LogP contribution >= 0.6 is 11.6 Å². The van der Waals surface area contributed by atoms with Gasteiger partial charge in [-0.25, -0.2) is 14.7 Å². The maximum absolute atomic E-state index is 6.18. The molecule has 0 saturated carbocycles. The molecule has 0 amide bonds. The number of aryl methyl sites for hydroxylation is 1. The second-order valence-electron chi connectivity index (χ2n) is 10.3. The third-order valence-electron chi connectivity index (χ3n) is 7.47. The van der Waals surface area contributed by atoms with E-state index in [0.717, 1.165) is 56.9 Å². The van der Waals surface area contributed by atoms with E-state index in [-0.39, 0.29) is 6.04 Å². The predicted octanol–water partition coefficient (Wildman–Crippen LogP) is 7.70. The molecule has 202 valence electrons. The Kier molecular flexibility index (Phi) is 6.09. The van der Waals surface area contributed by atoms with Crippen LogP contribution in [0.25, 0.3) is 5.69 Å². The Bertz CT molecular complexity index is 1800. The van der Waals surface area contributed by atoms with Crippen molar-refractivity contribution in [3.05, 3.63) is 125 Å².